The van der Waals surface area contributed by atoms with Gasteiger partial charge < -0.3 is 24.5 Å². The minimum Gasteiger partial charge on any atom is -0.487 e. The van der Waals surface area contributed by atoms with E-state index in [-0.39, 0.29) is 12.4 Å². The number of hydrogen-bond acceptors (Lipinski definition) is 7. The lowest BCUT2D eigenvalue weighted by Gasteiger charge is -2.12. The van der Waals surface area contributed by atoms with Crippen molar-refractivity contribution in [3.63, 3.8) is 0 Å². The Hall–Kier alpha value is -3.98. The van der Waals surface area contributed by atoms with Crippen LogP contribution >= 0.6 is 11.6 Å². The first-order chi connectivity index (χ1) is 19.6. The van der Waals surface area contributed by atoms with E-state index >= 15 is 0 Å². The number of rotatable bonds is 13. The summed E-state index contributed by atoms with van der Waals surface area (Å²) < 4.78 is 30.4. The molecule has 0 unspecified atom stereocenters. The van der Waals surface area contributed by atoms with Gasteiger partial charge in [0.15, 0.2) is 0 Å². The molecule has 2 N–H and O–H groups in total. The Kier molecular flexibility index (Phi) is 9.23. The SMILES string of the molecule is COCCCCNCc1ccc(-c2ccc3ncnc(Nc4ccc(OCc5cccc(F)c5)c(Cl)c4)c3c2)o1. The van der Waals surface area contributed by atoms with Crippen molar-refractivity contribution in [2.75, 3.05) is 25.6 Å². The zero-order valence-electron chi connectivity index (χ0n) is 22.1. The van der Waals surface area contributed by atoms with Crippen molar-refractivity contribution in [1.29, 1.82) is 0 Å². The van der Waals surface area contributed by atoms with E-state index < -0.39 is 0 Å². The highest BCUT2D eigenvalue weighted by atomic mass is 35.5. The van der Waals surface area contributed by atoms with E-state index in [9.17, 15) is 4.39 Å². The van der Waals surface area contributed by atoms with E-state index in [1.807, 2.05) is 36.4 Å². The van der Waals surface area contributed by atoms with Gasteiger partial charge in [-0.25, -0.2) is 14.4 Å². The average Bonchev–Trinajstić information content (AvgIpc) is 3.43. The number of methoxy groups -OCH3 is 1. The van der Waals surface area contributed by atoms with Crippen LogP contribution in [0, 0.1) is 5.82 Å². The van der Waals surface area contributed by atoms with Crippen molar-refractivity contribution in [2.45, 2.75) is 26.0 Å². The Morgan fingerprint density at radius 2 is 1.90 bits per heavy atom. The number of hydrogen-bond donors (Lipinski definition) is 2. The van der Waals surface area contributed by atoms with E-state index in [1.54, 1.807) is 31.4 Å². The lowest BCUT2D eigenvalue weighted by molar-refractivity contribution is 0.192. The maximum absolute atomic E-state index is 13.4. The second kappa shape index (κ2) is 13.4. The number of furan rings is 1. The largest absolute Gasteiger partial charge is 0.487 e. The van der Waals surface area contributed by atoms with Crippen molar-refractivity contribution >= 4 is 34.0 Å². The van der Waals surface area contributed by atoms with Crippen LogP contribution in [-0.4, -0.2) is 30.2 Å². The summed E-state index contributed by atoms with van der Waals surface area (Å²) in [6.45, 7) is 2.56. The molecule has 3 aromatic carbocycles. The summed E-state index contributed by atoms with van der Waals surface area (Å²) in [5.41, 5.74) is 3.19. The summed E-state index contributed by atoms with van der Waals surface area (Å²) in [6, 6.07) is 21.6. The van der Waals surface area contributed by atoms with Gasteiger partial charge >= 0.3 is 0 Å². The van der Waals surface area contributed by atoms with E-state index in [4.69, 9.17) is 25.5 Å². The number of benzene rings is 3. The molecule has 9 heteroatoms. The molecule has 0 saturated heterocycles. The maximum Gasteiger partial charge on any atom is 0.141 e. The van der Waals surface area contributed by atoms with Crippen molar-refractivity contribution in [3.05, 3.63) is 101 Å². The minimum atomic E-state index is -0.305. The van der Waals surface area contributed by atoms with Crippen LogP contribution in [0.3, 0.4) is 0 Å². The summed E-state index contributed by atoms with van der Waals surface area (Å²) in [5.74, 6) is 2.49. The van der Waals surface area contributed by atoms with Gasteiger partial charge in [0.2, 0.25) is 0 Å². The fraction of sp³-hybridized carbons (Fsp3) is 0.226. The Bertz CT molecular complexity index is 1580. The number of aromatic nitrogens is 2. The van der Waals surface area contributed by atoms with Crippen LogP contribution in [0.4, 0.5) is 15.9 Å². The van der Waals surface area contributed by atoms with Crippen molar-refractivity contribution in [2.24, 2.45) is 0 Å². The minimum absolute atomic E-state index is 0.211. The molecule has 0 aliphatic rings. The van der Waals surface area contributed by atoms with Gasteiger partial charge in [0, 0.05) is 30.4 Å². The van der Waals surface area contributed by atoms with E-state index in [1.165, 1.54) is 18.5 Å². The quantitative estimate of drug-likeness (QED) is 0.144. The highest BCUT2D eigenvalue weighted by Gasteiger charge is 2.11. The molecule has 0 aliphatic carbocycles. The molecule has 2 heterocycles. The molecule has 0 radical (unpaired) electrons. The normalized spacial score (nSPS) is 11.2. The number of nitrogens with zero attached hydrogens (tertiary/aromatic N) is 2. The summed E-state index contributed by atoms with van der Waals surface area (Å²) in [5, 5.41) is 8.01. The van der Waals surface area contributed by atoms with Gasteiger partial charge in [-0.05, 0) is 85.6 Å². The maximum atomic E-state index is 13.4. The van der Waals surface area contributed by atoms with Gasteiger partial charge in [0.05, 0.1) is 17.1 Å². The Labute approximate surface area is 237 Å². The second-order valence-electron chi connectivity index (χ2n) is 9.29. The zero-order chi connectivity index (χ0) is 27.7. The molecule has 40 heavy (non-hydrogen) atoms. The predicted molar refractivity (Wildman–Crippen MR) is 156 cm³/mol. The number of nitrogens with one attached hydrogen (secondary N) is 2. The molecule has 206 valence electrons. The van der Waals surface area contributed by atoms with Crippen molar-refractivity contribution < 1.29 is 18.3 Å². The fourth-order valence-corrected chi connectivity index (χ4v) is 4.50. The molecule has 2 aromatic heterocycles. The summed E-state index contributed by atoms with van der Waals surface area (Å²) >= 11 is 6.49. The molecule has 7 nitrogen and oxygen atoms in total. The highest BCUT2D eigenvalue weighted by molar-refractivity contribution is 6.32. The molecule has 0 spiro atoms. The topological polar surface area (TPSA) is 81.4 Å². The van der Waals surface area contributed by atoms with Crippen molar-refractivity contribution in [3.8, 4) is 17.1 Å². The van der Waals surface area contributed by atoms with Crippen molar-refractivity contribution in [1.82, 2.24) is 15.3 Å². The zero-order valence-corrected chi connectivity index (χ0v) is 22.9. The van der Waals surface area contributed by atoms with Crippen LogP contribution in [0.5, 0.6) is 5.75 Å². The lowest BCUT2D eigenvalue weighted by Crippen LogP contribution is -2.14. The molecule has 0 atom stereocenters. The second-order valence-corrected chi connectivity index (χ2v) is 9.69. The summed E-state index contributed by atoms with van der Waals surface area (Å²) in [6.07, 6.45) is 3.60. The van der Waals surface area contributed by atoms with Crippen LogP contribution in [0.15, 0.2) is 83.5 Å². The third-order valence-electron chi connectivity index (χ3n) is 6.31. The van der Waals surface area contributed by atoms with Gasteiger partial charge in [-0.15, -0.1) is 0 Å². The molecule has 0 amide bonds. The number of unbranched alkanes of at least 4 members (excludes halogenated alkanes) is 1. The lowest BCUT2D eigenvalue weighted by atomic mass is 10.1. The molecule has 5 rings (SSSR count). The third-order valence-corrected chi connectivity index (χ3v) is 6.61. The highest BCUT2D eigenvalue weighted by Crippen LogP contribution is 2.32. The number of ether oxygens (including phenoxy) is 2. The third kappa shape index (κ3) is 7.15. The number of fused-ring (bicyclic) bond motifs is 1. The van der Waals surface area contributed by atoms with Gasteiger partial charge in [0.1, 0.15) is 41.8 Å². The first kappa shape index (κ1) is 27.6. The average molecular weight is 561 g/mol. The van der Waals surface area contributed by atoms with E-state index in [2.05, 4.69) is 20.6 Å². The molecule has 0 saturated carbocycles. The summed E-state index contributed by atoms with van der Waals surface area (Å²) in [4.78, 5) is 8.88. The molecule has 0 fully saturated rings. The number of halogens is 2. The molecule has 0 bridgehead atoms. The predicted octanol–water partition coefficient (Wildman–Crippen LogP) is 7.52. The van der Waals surface area contributed by atoms with E-state index in [0.29, 0.717) is 23.1 Å². The Morgan fingerprint density at radius 1 is 0.975 bits per heavy atom. The Morgan fingerprint density at radius 3 is 2.75 bits per heavy atom. The molecule has 0 aliphatic heterocycles. The smallest absolute Gasteiger partial charge is 0.141 e. The first-order valence-corrected chi connectivity index (χ1v) is 13.4. The van der Waals surface area contributed by atoms with Crippen LogP contribution < -0.4 is 15.4 Å². The monoisotopic (exact) mass is 560 g/mol. The van der Waals surface area contributed by atoms with Crippen LogP contribution in [0.25, 0.3) is 22.2 Å². The van der Waals surface area contributed by atoms with Gasteiger partial charge in [-0.2, -0.15) is 0 Å². The summed E-state index contributed by atoms with van der Waals surface area (Å²) in [7, 11) is 1.72. The van der Waals surface area contributed by atoms with Crippen LogP contribution in [0.1, 0.15) is 24.2 Å². The van der Waals surface area contributed by atoms with Crippen LogP contribution in [-0.2, 0) is 17.9 Å². The van der Waals surface area contributed by atoms with Gasteiger partial charge in [-0.3, -0.25) is 0 Å². The fourth-order valence-electron chi connectivity index (χ4n) is 4.27. The van der Waals surface area contributed by atoms with Gasteiger partial charge in [0.25, 0.3) is 0 Å². The van der Waals surface area contributed by atoms with E-state index in [0.717, 1.165) is 65.2 Å². The molecular weight excluding hydrogens is 531 g/mol. The van der Waals surface area contributed by atoms with Crippen LogP contribution in [0.2, 0.25) is 5.02 Å². The molecule has 5 aromatic rings. The number of anilines is 2. The Balaban J connectivity index is 1.27. The standard InChI is InChI=1S/C31H30ClFN4O3/c1-38-14-3-2-13-34-18-25-9-12-29(40-25)22-7-10-28-26(16-22)31(36-20-35-28)37-24-8-11-30(27(32)17-24)39-19-21-5-4-6-23(33)15-21/h4-12,15-17,20,34H,2-3,13-14,18-19H2,1H3,(H,35,36,37). The first-order valence-electron chi connectivity index (χ1n) is 13.1. The van der Waals surface area contributed by atoms with Gasteiger partial charge in [-0.1, -0.05) is 23.7 Å². The molecular formula is C31H30ClFN4O3.